The Morgan fingerprint density at radius 3 is 2.77 bits per heavy atom. The average molecular weight is 182 g/mol. The Morgan fingerprint density at radius 1 is 1.54 bits per heavy atom. The number of hydrogen-bond acceptors (Lipinski definition) is 2. The van der Waals surface area contributed by atoms with Gasteiger partial charge < -0.3 is 5.32 Å². The van der Waals surface area contributed by atoms with E-state index < -0.39 is 5.92 Å². The van der Waals surface area contributed by atoms with Crippen molar-refractivity contribution >= 4 is 18.2 Å². The largest absolute Gasteiger partial charge is 0.316 e. The van der Waals surface area contributed by atoms with E-state index in [-0.39, 0.29) is 11.8 Å². The number of carbonyl (C=O) groups excluding carboxylic acids is 2. The highest BCUT2D eigenvalue weighted by molar-refractivity contribution is 6.10. The highest BCUT2D eigenvalue weighted by Crippen LogP contribution is 2.15. The molecular weight excluding hydrogens is 168 g/mol. The minimum atomic E-state index is -0.563. The van der Waals surface area contributed by atoms with Gasteiger partial charge in [-0.05, 0) is 18.8 Å². The van der Waals surface area contributed by atoms with Gasteiger partial charge in [0.05, 0.1) is 6.34 Å². The number of nitrogens with zero attached hydrogens (tertiary/aromatic N) is 1. The lowest BCUT2D eigenvalue weighted by molar-refractivity contribution is -0.133. The van der Waals surface area contributed by atoms with Crippen LogP contribution in [-0.4, -0.2) is 18.2 Å². The standard InChI is InChI=1S/C9H14N2O2/c1-6(2)3-4-7-8(12)10-5-11-9(7)13/h5-7H,3-4H2,1-2H3,(H,10,11,12,13). The quantitative estimate of drug-likeness (QED) is 0.654. The average Bonchev–Trinajstić information content (AvgIpc) is 2.03. The zero-order chi connectivity index (χ0) is 9.84. The molecule has 13 heavy (non-hydrogen) atoms. The molecule has 0 fully saturated rings. The normalized spacial score (nSPS) is 22.2. The van der Waals surface area contributed by atoms with Crippen LogP contribution < -0.4 is 5.32 Å². The zero-order valence-corrected chi connectivity index (χ0v) is 7.91. The molecule has 2 amide bonds. The van der Waals surface area contributed by atoms with E-state index in [4.69, 9.17) is 0 Å². The Bertz CT molecular complexity index is 246. The third-order valence-electron chi connectivity index (χ3n) is 2.05. The van der Waals surface area contributed by atoms with Crippen LogP contribution in [0.15, 0.2) is 4.99 Å². The van der Waals surface area contributed by atoms with Gasteiger partial charge in [-0.1, -0.05) is 13.8 Å². The molecule has 1 aliphatic heterocycles. The monoisotopic (exact) mass is 182 g/mol. The van der Waals surface area contributed by atoms with Crippen molar-refractivity contribution < 1.29 is 9.59 Å². The number of nitrogens with one attached hydrogen (secondary N) is 1. The van der Waals surface area contributed by atoms with E-state index in [1.165, 1.54) is 0 Å². The summed E-state index contributed by atoms with van der Waals surface area (Å²) in [6.45, 7) is 4.13. The summed E-state index contributed by atoms with van der Waals surface area (Å²) in [5.74, 6) is -0.594. The van der Waals surface area contributed by atoms with E-state index in [0.717, 1.165) is 12.8 Å². The van der Waals surface area contributed by atoms with Crippen molar-refractivity contribution in [1.29, 1.82) is 0 Å². The Labute approximate surface area is 77.4 Å². The number of hydrogen-bond donors (Lipinski definition) is 1. The lowest BCUT2D eigenvalue weighted by Gasteiger charge is -2.15. The summed E-state index contributed by atoms with van der Waals surface area (Å²) in [4.78, 5) is 25.9. The minimum absolute atomic E-state index is 0.222. The predicted molar refractivity (Wildman–Crippen MR) is 49.2 cm³/mol. The summed E-state index contributed by atoms with van der Waals surface area (Å²) in [6.07, 6.45) is 2.63. The summed E-state index contributed by atoms with van der Waals surface area (Å²) >= 11 is 0. The molecule has 0 saturated carbocycles. The van der Waals surface area contributed by atoms with Gasteiger partial charge in [-0.2, -0.15) is 0 Å². The number of rotatable bonds is 3. The van der Waals surface area contributed by atoms with Gasteiger partial charge in [0, 0.05) is 0 Å². The summed E-state index contributed by atoms with van der Waals surface area (Å²) in [6, 6.07) is 0. The van der Waals surface area contributed by atoms with E-state index in [9.17, 15) is 9.59 Å². The second-order valence-corrected chi connectivity index (χ2v) is 3.63. The lowest BCUT2D eigenvalue weighted by atomic mass is 9.96. The van der Waals surface area contributed by atoms with E-state index in [2.05, 4.69) is 24.2 Å². The Morgan fingerprint density at radius 2 is 2.23 bits per heavy atom. The van der Waals surface area contributed by atoms with Crippen LogP contribution in [0.25, 0.3) is 0 Å². The van der Waals surface area contributed by atoms with Crippen LogP contribution in [0.4, 0.5) is 0 Å². The summed E-state index contributed by atoms with van der Waals surface area (Å²) in [7, 11) is 0. The van der Waals surface area contributed by atoms with Crippen molar-refractivity contribution in [2.24, 2.45) is 16.8 Å². The molecule has 1 heterocycles. The summed E-state index contributed by atoms with van der Waals surface area (Å²) < 4.78 is 0. The van der Waals surface area contributed by atoms with Crippen LogP contribution in [0.1, 0.15) is 26.7 Å². The van der Waals surface area contributed by atoms with Crippen molar-refractivity contribution in [3.05, 3.63) is 0 Å². The van der Waals surface area contributed by atoms with Crippen LogP contribution in [0.2, 0.25) is 0 Å². The second kappa shape index (κ2) is 4.16. The zero-order valence-electron chi connectivity index (χ0n) is 7.91. The second-order valence-electron chi connectivity index (χ2n) is 3.63. The molecule has 0 saturated heterocycles. The Kier molecular flexibility index (Phi) is 3.17. The molecule has 0 bridgehead atoms. The van der Waals surface area contributed by atoms with Crippen LogP contribution in [-0.2, 0) is 9.59 Å². The van der Waals surface area contributed by atoms with Gasteiger partial charge in [0.2, 0.25) is 5.91 Å². The minimum Gasteiger partial charge on any atom is -0.316 e. The molecule has 4 heteroatoms. The first-order valence-electron chi connectivity index (χ1n) is 4.48. The highest BCUT2D eigenvalue weighted by Gasteiger charge is 2.27. The third kappa shape index (κ3) is 2.65. The smallest absolute Gasteiger partial charge is 0.259 e. The Balaban J connectivity index is 2.52. The van der Waals surface area contributed by atoms with Gasteiger partial charge in [0.1, 0.15) is 5.92 Å². The number of carbonyl (C=O) groups is 2. The first kappa shape index (κ1) is 9.89. The van der Waals surface area contributed by atoms with Crippen molar-refractivity contribution in [2.45, 2.75) is 26.7 Å². The fraction of sp³-hybridized carbons (Fsp3) is 0.667. The van der Waals surface area contributed by atoms with Crippen molar-refractivity contribution in [1.82, 2.24) is 5.32 Å². The van der Waals surface area contributed by atoms with E-state index in [1.54, 1.807) is 0 Å². The molecule has 0 aliphatic carbocycles. The maximum absolute atomic E-state index is 11.2. The Hall–Kier alpha value is -1.19. The van der Waals surface area contributed by atoms with E-state index >= 15 is 0 Å². The SMILES string of the molecule is CC(C)CCC1C(=O)N=CNC1=O. The fourth-order valence-corrected chi connectivity index (χ4v) is 1.22. The molecular formula is C9H14N2O2. The molecule has 0 spiro atoms. The van der Waals surface area contributed by atoms with Crippen molar-refractivity contribution in [3.8, 4) is 0 Å². The predicted octanol–water partition coefficient (Wildman–Crippen LogP) is 0.724. The number of amides is 2. The fourth-order valence-electron chi connectivity index (χ4n) is 1.22. The first-order chi connectivity index (χ1) is 6.11. The van der Waals surface area contributed by atoms with Crippen LogP contribution in [0.3, 0.4) is 0 Å². The third-order valence-corrected chi connectivity index (χ3v) is 2.05. The van der Waals surface area contributed by atoms with Gasteiger partial charge in [0.25, 0.3) is 5.91 Å². The molecule has 1 N–H and O–H groups in total. The molecule has 4 nitrogen and oxygen atoms in total. The molecule has 1 aliphatic rings. The van der Waals surface area contributed by atoms with Crippen molar-refractivity contribution in [3.63, 3.8) is 0 Å². The highest BCUT2D eigenvalue weighted by atomic mass is 16.2. The van der Waals surface area contributed by atoms with Crippen molar-refractivity contribution in [2.75, 3.05) is 0 Å². The molecule has 1 atom stereocenters. The first-order valence-corrected chi connectivity index (χ1v) is 4.48. The van der Waals surface area contributed by atoms with Gasteiger partial charge in [0.15, 0.2) is 0 Å². The van der Waals surface area contributed by atoms with Gasteiger partial charge >= 0.3 is 0 Å². The van der Waals surface area contributed by atoms with Gasteiger partial charge in [-0.25, -0.2) is 4.99 Å². The topological polar surface area (TPSA) is 58.5 Å². The van der Waals surface area contributed by atoms with E-state index in [0.29, 0.717) is 12.3 Å². The summed E-state index contributed by atoms with van der Waals surface area (Å²) in [5.41, 5.74) is 0. The maximum Gasteiger partial charge on any atom is 0.259 e. The maximum atomic E-state index is 11.2. The van der Waals surface area contributed by atoms with Gasteiger partial charge in [-0.15, -0.1) is 0 Å². The van der Waals surface area contributed by atoms with Crippen LogP contribution in [0, 0.1) is 11.8 Å². The molecule has 1 unspecified atom stereocenters. The molecule has 0 aromatic heterocycles. The molecule has 72 valence electrons. The molecule has 0 aromatic rings. The van der Waals surface area contributed by atoms with Gasteiger partial charge in [-0.3, -0.25) is 9.59 Å². The lowest BCUT2D eigenvalue weighted by Crippen LogP contribution is -2.38. The summed E-state index contributed by atoms with van der Waals surface area (Å²) in [5, 5.41) is 2.43. The molecule has 0 radical (unpaired) electrons. The van der Waals surface area contributed by atoms with Crippen LogP contribution >= 0.6 is 0 Å². The molecule has 0 aromatic carbocycles. The van der Waals surface area contributed by atoms with Crippen LogP contribution in [0.5, 0.6) is 0 Å². The van der Waals surface area contributed by atoms with E-state index in [1.807, 2.05) is 0 Å². The molecule has 1 rings (SSSR count). The number of aliphatic imine (C=N–C) groups is 1.